The van der Waals surface area contributed by atoms with Gasteiger partial charge in [-0.15, -0.1) is 0 Å². The molecule has 2 aromatic heterocycles. The van der Waals surface area contributed by atoms with Gasteiger partial charge < -0.3 is 9.55 Å². The molecule has 92 valence electrons. The van der Waals surface area contributed by atoms with Crippen molar-refractivity contribution in [3.8, 4) is 0 Å². The first kappa shape index (κ1) is 12.1. The molecule has 0 unspecified atom stereocenters. The van der Waals surface area contributed by atoms with Gasteiger partial charge in [0.1, 0.15) is 0 Å². The number of hydrogen-bond acceptors (Lipinski definition) is 2. The summed E-state index contributed by atoms with van der Waals surface area (Å²) in [6.07, 6.45) is 3.09. The molecule has 0 aliphatic heterocycles. The first-order valence-corrected chi connectivity index (χ1v) is 6.24. The Bertz CT molecular complexity index is 561. The second-order valence-corrected chi connectivity index (χ2v) is 4.83. The van der Waals surface area contributed by atoms with Crippen molar-refractivity contribution in [2.24, 2.45) is 0 Å². The highest BCUT2D eigenvalue weighted by Gasteiger charge is 2.01. The second-order valence-electron chi connectivity index (χ2n) is 4.44. The zero-order valence-corrected chi connectivity index (χ0v) is 11.3. The molecular formula is C12H18N4S. The van der Waals surface area contributed by atoms with Gasteiger partial charge in [-0.2, -0.15) is 5.10 Å². The molecule has 0 saturated heterocycles. The van der Waals surface area contributed by atoms with E-state index in [-0.39, 0.29) is 0 Å². The number of aromatic nitrogens is 4. The molecule has 0 aliphatic rings. The molecule has 0 atom stereocenters. The van der Waals surface area contributed by atoms with Gasteiger partial charge in [0.25, 0.3) is 0 Å². The average Bonchev–Trinajstić information content (AvgIpc) is 2.71. The molecule has 4 nitrogen and oxygen atoms in total. The van der Waals surface area contributed by atoms with Crippen LogP contribution in [0.5, 0.6) is 0 Å². The van der Waals surface area contributed by atoms with E-state index in [9.17, 15) is 0 Å². The van der Waals surface area contributed by atoms with E-state index in [4.69, 9.17) is 12.2 Å². The van der Waals surface area contributed by atoms with Crippen LogP contribution >= 0.6 is 12.2 Å². The molecule has 0 radical (unpaired) electrons. The lowest BCUT2D eigenvalue weighted by atomic mass is 10.4. The topological polar surface area (TPSA) is 38.5 Å². The van der Waals surface area contributed by atoms with Crippen LogP contribution in [0.15, 0.2) is 12.3 Å². The first-order chi connectivity index (χ1) is 8.06. The Morgan fingerprint density at radius 3 is 2.59 bits per heavy atom. The molecule has 2 heterocycles. The summed E-state index contributed by atoms with van der Waals surface area (Å²) in [5.74, 6) is 0. The number of H-pyrrole nitrogens is 1. The van der Waals surface area contributed by atoms with Crippen molar-refractivity contribution in [1.82, 2.24) is 19.3 Å². The summed E-state index contributed by atoms with van der Waals surface area (Å²) in [7, 11) is 0. The Balaban J connectivity index is 1.94. The molecule has 0 bridgehead atoms. The predicted molar refractivity (Wildman–Crippen MR) is 70.7 cm³/mol. The number of nitrogens with one attached hydrogen (secondary N) is 1. The van der Waals surface area contributed by atoms with Crippen molar-refractivity contribution in [3.05, 3.63) is 34.1 Å². The van der Waals surface area contributed by atoms with E-state index in [0.717, 1.165) is 35.7 Å². The van der Waals surface area contributed by atoms with E-state index in [0.29, 0.717) is 0 Å². The van der Waals surface area contributed by atoms with Gasteiger partial charge in [0.05, 0.1) is 5.69 Å². The monoisotopic (exact) mass is 250 g/mol. The number of rotatable bonds is 4. The Morgan fingerprint density at radius 2 is 2.06 bits per heavy atom. The third-order valence-electron chi connectivity index (χ3n) is 2.79. The fourth-order valence-electron chi connectivity index (χ4n) is 2.02. The smallest absolute Gasteiger partial charge is 0.177 e. The number of nitrogens with zero attached hydrogens (tertiary/aromatic N) is 3. The predicted octanol–water partition coefficient (Wildman–Crippen LogP) is 2.76. The zero-order chi connectivity index (χ0) is 12.4. The summed E-state index contributed by atoms with van der Waals surface area (Å²) in [4.78, 5) is 3.13. The highest BCUT2D eigenvalue weighted by Crippen LogP contribution is 2.04. The third kappa shape index (κ3) is 2.85. The van der Waals surface area contributed by atoms with Crippen LogP contribution < -0.4 is 0 Å². The van der Waals surface area contributed by atoms with Crippen molar-refractivity contribution in [2.45, 2.75) is 40.3 Å². The van der Waals surface area contributed by atoms with Crippen molar-refractivity contribution in [2.75, 3.05) is 0 Å². The van der Waals surface area contributed by atoms with Crippen molar-refractivity contribution < 1.29 is 0 Å². The largest absolute Gasteiger partial charge is 0.335 e. The summed E-state index contributed by atoms with van der Waals surface area (Å²) >= 11 is 5.22. The lowest BCUT2D eigenvalue weighted by Gasteiger charge is -2.05. The maximum absolute atomic E-state index is 5.22. The van der Waals surface area contributed by atoms with Crippen LogP contribution in [0.1, 0.15) is 23.5 Å². The van der Waals surface area contributed by atoms with Crippen LogP contribution in [-0.4, -0.2) is 19.3 Å². The van der Waals surface area contributed by atoms with Crippen LogP contribution in [0, 0.1) is 25.5 Å². The normalized spacial score (nSPS) is 11.0. The summed E-state index contributed by atoms with van der Waals surface area (Å²) in [6, 6.07) is 2.10. The molecular weight excluding hydrogens is 232 g/mol. The molecule has 2 aromatic rings. The van der Waals surface area contributed by atoms with E-state index in [1.807, 2.05) is 13.8 Å². The van der Waals surface area contributed by atoms with Gasteiger partial charge in [0.2, 0.25) is 0 Å². The lowest BCUT2D eigenvalue weighted by Crippen LogP contribution is -2.06. The standard InChI is InChI=1S/C12H18N4S/c1-9-7-11(3)16(14-9)6-4-5-15-8-10(2)13-12(15)17/h7-8H,4-6H2,1-3H3,(H,13,17). The van der Waals surface area contributed by atoms with Gasteiger partial charge in [0.15, 0.2) is 4.77 Å². The minimum atomic E-state index is 0.802. The summed E-state index contributed by atoms with van der Waals surface area (Å²) in [5, 5.41) is 4.44. The Labute approximate surface area is 106 Å². The van der Waals surface area contributed by atoms with Gasteiger partial charge >= 0.3 is 0 Å². The van der Waals surface area contributed by atoms with Crippen LogP contribution in [0.4, 0.5) is 0 Å². The fraction of sp³-hybridized carbons (Fsp3) is 0.500. The van der Waals surface area contributed by atoms with Gasteiger partial charge in [-0.25, -0.2) is 0 Å². The van der Waals surface area contributed by atoms with E-state index < -0.39 is 0 Å². The average molecular weight is 250 g/mol. The number of imidazole rings is 1. The summed E-state index contributed by atoms with van der Waals surface area (Å²) in [6.45, 7) is 8.00. The molecule has 0 amide bonds. The summed E-state index contributed by atoms with van der Waals surface area (Å²) in [5.41, 5.74) is 3.41. The Morgan fingerprint density at radius 1 is 1.29 bits per heavy atom. The van der Waals surface area contributed by atoms with Crippen molar-refractivity contribution >= 4 is 12.2 Å². The maximum Gasteiger partial charge on any atom is 0.177 e. The van der Waals surface area contributed by atoms with Gasteiger partial charge in [-0.05, 0) is 45.5 Å². The van der Waals surface area contributed by atoms with Crippen LogP contribution in [-0.2, 0) is 13.1 Å². The van der Waals surface area contributed by atoms with Crippen LogP contribution in [0.25, 0.3) is 0 Å². The highest BCUT2D eigenvalue weighted by atomic mass is 32.1. The molecule has 17 heavy (non-hydrogen) atoms. The van der Waals surface area contributed by atoms with Crippen molar-refractivity contribution in [1.29, 1.82) is 0 Å². The highest BCUT2D eigenvalue weighted by molar-refractivity contribution is 7.71. The minimum Gasteiger partial charge on any atom is -0.335 e. The number of hydrogen-bond donors (Lipinski definition) is 1. The first-order valence-electron chi connectivity index (χ1n) is 5.83. The second kappa shape index (κ2) is 4.87. The third-order valence-corrected chi connectivity index (χ3v) is 3.12. The number of aromatic amines is 1. The molecule has 0 saturated carbocycles. The molecule has 0 aromatic carbocycles. The number of aryl methyl sites for hydroxylation is 5. The van der Waals surface area contributed by atoms with Gasteiger partial charge in [0, 0.05) is 30.7 Å². The SMILES string of the molecule is Cc1cc(C)n(CCCn2cc(C)[nH]c2=S)n1. The Hall–Kier alpha value is -1.36. The van der Waals surface area contributed by atoms with E-state index in [1.165, 1.54) is 5.69 Å². The summed E-state index contributed by atoms with van der Waals surface area (Å²) < 4.78 is 4.94. The molecule has 0 aliphatic carbocycles. The molecule has 5 heteroatoms. The fourth-order valence-corrected chi connectivity index (χ4v) is 2.33. The Kier molecular flexibility index (Phi) is 3.47. The van der Waals surface area contributed by atoms with Crippen LogP contribution in [0.2, 0.25) is 0 Å². The molecule has 0 fully saturated rings. The van der Waals surface area contributed by atoms with E-state index in [1.54, 1.807) is 0 Å². The zero-order valence-electron chi connectivity index (χ0n) is 10.5. The molecule has 0 spiro atoms. The molecule has 1 N–H and O–H groups in total. The maximum atomic E-state index is 5.22. The van der Waals surface area contributed by atoms with E-state index >= 15 is 0 Å². The quantitative estimate of drug-likeness (QED) is 0.847. The minimum absolute atomic E-state index is 0.802. The van der Waals surface area contributed by atoms with Crippen molar-refractivity contribution in [3.63, 3.8) is 0 Å². The van der Waals surface area contributed by atoms with Gasteiger partial charge in [-0.1, -0.05) is 0 Å². The lowest BCUT2D eigenvalue weighted by molar-refractivity contribution is 0.514. The van der Waals surface area contributed by atoms with Crippen LogP contribution in [0.3, 0.4) is 0 Å². The van der Waals surface area contributed by atoms with Gasteiger partial charge in [-0.3, -0.25) is 4.68 Å². The van der Waals surface area contributed by atoms with E-state index in [2.05, 4.69) is 38.5 Å². The molecule has 2 rings (SSSR count).